The van der Waals surface area contributed by atoms with E-state index in [0.717, 1.165) is 25.0 Å². The summed E-state index contributed by atoms with van der Waals surface area (Å²) >= 11 is 0. The molecular formula is C21H31F7. The van der Waals surface area contributed by atoms with E-state index in [1.807, 2.05) is 0 Å². The average Bonchev–Trinajstić information content (AvgIpc) is 2.67. The zero-order valence-corrected chi connectivity index (χ0v) is 16.0. The highest BCUT2D eigenvalue weighted by Gasteiger charge is 2.40. The van der Waals surface area contributed by atoms with E-state index < -0.39 is 42.1 Å². The van der Waals surface area contributed by atoms with Gasteiger partial charge < -0.3 is 0 Å². The molecular weight excluding hydrogens is 385 g/mol. The first-order valence-corrected chi connectivity index (χ1v) is 9.86. The van der Waals surface area contributed by atoms with E-state index in [4.69, 9.17) is 0 Å². The van der Waals surface area contributed by atoms with Crippen LogP contribution in [-0.4, -0.2) is 18.8 Å². The summed E-state index contributed by atoms with van der Waals surface area (Å²) in [4.78, 5) is 0. The van der Waals surface area contributed by atoms with Crippen molar-refractivity contribution in [2.45, 2.75) is 76.3 Å². The fourth-order valence-electron chi connectivity index (χ4n) is 3.99. The molecule has 28 heavy (non-hydrogen) atoms. The van der Waals surface area contributed by atoms with Crippen molar-refractivity contribution in [3.05, 3.63) is 35.1 Å². The predicted octanol–water partition coefficient (Wildman–Crippen LogP) is 8.01. The van der Waals surface area contributed by atoms with Crippen molar-refractivity contribution in [1.82, 2.24) is 0 Å². The SMILES string of the molecule is CC1CCC(C(F)(F)CF)CC1.Fc1cc(C2CCC(F)CC2)cc(F)c1F.[HH].[HH]. The maximum atomic E-state index is 13.0. The minimum absolute atomic E-state index is 0. The van der Waals surface area contributed by atoms with Crippen molar-refractivity contribution in [3.8, 4) is 0 Å². The number of alkyl halides is 4. The Kier molecular flexibility index (Phi) is 8.19. The summed E-state index contributed by atoms with van der Waals surface area (Å²) in [5, 5.41) is 0. The third kappa shape index (κ3) is 6.11. The molecule has 2 saturated carbocycles. The van der Waals surface area contributed by atoms with E-state index in [1.54, 1.807) is 0 Å². The van der Waals surface area contributed by atoms with Crippen molar-refractivity contribution in [2.24, 2.45) is 11.8 Å². The quantitative estimate of drug-likeness (QED) is 0.346. The summed E-state index contributed by atoms with van der Waals surface area (Å²) in [6.07, 6.45) is 3.73. The van der Waals surface area contributed by atoms with Crippen LogP contribution in [0.15, 0.2) is 12.1 Å². The van der Waals surface area contributed by atoms with Crippen molar-refractivity contribution in [3.63, 3.8) is 0 Å². The minimum atomic E-state index is -3.07. The molecule has 0 heterocycles. The van der Waals surface area contributed by atoms with Gasteiger partial charge in [0, 0.05) is 8.77 Å². The van der Waals surface area contributed by atoms with Gasteiger partial charge in [-0.15, -0.1) is 0 Å². The Morgan fingerprint density at radius 2 is 1.39 bits per heavy atom. The van der Waals surface area contributed by atoms with Crippen LogP contribution in [0.3, 0.4) is 0 Å². The molecule has 0 N–H and O–H groups in total. The van der Waals surface area contributed by atoms with Crippen LogP contribution >= 0.6 is 0 Å². The summed E-state index contributed by atoms with van der Waals surface area (Å²) in [7, 11) is 0. The van der Waals surface area contributed by atoms with Gasteiger partial charge in [0.15, 0.2) is 24.1 Å². The molecule has 164 valence electrons. The van der Waals surface area contributed by atoms with E-state index in [2.05, 4.69) is 6.92 Å². The van der Waals surface area contributed by atoms with Crippen LogP contribution in [0.25, 0.3) is 0 Å². The van der Waals surface area contributed by atoms with Crippen molar-refractivity contribution in [1.29, 1.82) is 0 Å². The Hall–Kier alpha value is -1.27. The number of rotatable bonds is 3. The maximum Gasteiger partial charge on any atom is 0.278 e. The first kappa shape index (κ1) is 23.0. The van der Waals surface area contributed by atoms with Crippen molar-refractivity contribution < 1.29 is 33.6 Å². The summed E-state index contributed by atoms with van der Waals surface area (Å²) in [5.41, 5.74) is 0.434. The Morgan fingerprint density at radius 1 is 0.893 bits per heavy atom. The Morgan fingerprint density at radius 3 is 1.86 bits per heavy atom. The van der Waals surface area contributed by atoms with Gasteiger partial charge in [-0.25, -0.2) is 30.7 Å². The molecule has 0 saturated heterocycles. The zero-order chi connectivity index (χ0) is 20.9. The van der Waals surface area contributed by atoms with Crippen LogP contribution in [0.1, 0.15) is 72.6 Å². The van der Waals surface area contributed by atoms with Crippen LogP contribution in [0.4, 0.5) is 30.7 Å². The molecule has 3 rings (SSSR count). The summed E-state index contributed by atoms with van der Waals surface area (Å²) in [5.74, 6) is -7.08. The lowest BCUT2D eigenvalue weighted by Gasteiger charge is -2.30. The van der Waals surface area contributed by atoms with Gasteiger partial charge in [-0.05, 0) is 68.1 Å². The van der Waals surface area contributed by atoms with E-state index in [9.17, 15) is 30.7 Å². The third-order valence-corrected chi connectivity index (χ3v) is 5.93. The molecule has 0 unspecified atom stereocenters. The molecule has 2 aliphatic rings. The zero-order valence-electron chi connectivity index (χ0n) is 16.0. The number of halogens is 7. The second-order valence-electron chi connectivity index (χ2n) is 8.10. The highest BCUT2D eigenvalue weighted by Crippen LogP contribution is 2.38. The lowest BCUT2D eigenvalue weighted by Crippen LogP contribution is -2.33. The Balaban J connectivity index is 0.000000545. The first-order chi connectivity index (χ1) is 13.1. The number of hydrogen-bond donors (Lipinski definition) is 0. The van der Waals surface area contributed by atoms with Gasteiger partial charge in [0.05, 0.1) is 0 Å². The molecule has 2 fully saturated rings. The summed E-state index contributed by atoms with van der Waals surface area (Å²) < 4.78 is 89.1. The summed E-state index contributed by atoms with van der Waals surface area (Å²) in [6.45, 7) is 0.565. The Labute approximate surface area is 164 Å². The molecule has 0 nitrogen and oxygen atoms in total. The van der Waals surface area contributed by atoms with Crippen LogP contribution in [0.5, 0.6) is 0 Å². The van der Waals surface area contributed by atoms with Gasteiger partial charge in [0.2, 0.25) is 0 Å². The molecule has 1 aromatic rings. The van der Waals surface area contributed by atoms with Gasteiger partial charge in [-0.3, -0.25) is 0 Å². The van der Waals surface area contributed by atoms with Gasteiger partial charge in [0.1, 0.15) is 6.17 Å². The molecule has 0 amide bonds. The number of benzene rings is 1. The van der Waals surface area contributed by atoms with E-state index in [-0.39, 0.29) is 8.77 Å². The lowest BCUT2D eigenvalue weighted by molar-refractivity contribution is -0.0901. The van der Waals surface area contributed by atoms with Gasteiger partial charge in [-0.2, -0.15) is 0 Å². The predicted molar refractivity (Wildman–Crippen MR) is 98.7 cm³/mol. The van der Waals surface area contributed by atoms with Gasteiger partial charge in [0.25, 0.3) is 5.92 Å². The number of hydrogen-bond acceptors (Lipinski definition) is 0. The second-order valence-corrected chi connectivity index (χ2v) is 8.10. The van der Waals surface area contributed by atoms with Crippen molar-refractivity contribution in [2.75, 3.05) is 6.67 Å². The van der Waals surface area contributed by atoms with Crippen LogP contribution in [0, 0.1) is 29.3 Å². The second kappa shape index (κ2) is 9.97. The van der Waals surface area contributed by atoms with Crippen molar-refractivity contribution >= 4 is 0 Å². The van der Waals surface area contributed by atoms with Crippen LogP contribution < -0.4 is 0 Å². The molecule has 0 spiro atoms. The first-order valence-electron chi connectivity index (χ1n) is 9.86. The van der Waals surface area contributed by atoms with Gasteiger partial charge >= 0.3 is 0 Å². The lowest BCUT2D eigenvalue weighted by atomic mass is 9.80. The highest BCUT2D eigenvalue weighted by atomic mass is 19.3. The topological polar surface area (TPSA) is 0 Å². The van der Waals surface area contributed by atoms with E-state index in [0.29, 0.717) is 50.0 Å². The molecule has 2 aliphatic carbocycles. The highest BCUT2D eigenvalue weighted by molar-refractivity contribution is 5.23. The molecule has 1 aromatic carbocycles. The fraction of sp³-hybridized carbons (Fsp3) is 0.714. The monoisotopic (exact) mass is 416 g/mol. The third-order valence-electron chi connectivity index (χ3n) is 5.93. The van der Waals surface area contributed by atoms with E-state index in [1.165, 1.54) is 0 Å². The summed E-state index contributed by atoms with van der Waals surface area (Å²) in [6, 6.07) is 2.03. The van der Waals surface area contributed by atoms with Gasteiger partial charge in [-0.1, -0.05) is 19.8 Å². The van der Waals surface area contributed by atoms with Crippen LogP contribution in [-0.2, 0) is 0 Å². The van der Waals surface area contributed by atoms with Crippen LogP contribution in [0.2, 0.25) is 0 Å². The van der Waals surface area contributed by atoms with E-state index >= 15 is 0 Å². The molecule has 7 heteroatoms. The molecule has 0 aliphatic heterocycles. The fourth-order valence-corrected chi connectivity index (χ4v) is 3.99. The molecule has 0 aromatic heterocycles. The molecule has 0 radical (unpaired) electrons. The average molecular weight is 416 g/mol. The normalized spacial score (nSPS) is 28.4. The maximum absolute atomic E-state index is 13.0. The molecule has 0 bridgehead atoms. The molecule has 0 atom stereocenters. The Bertz CT molecular complexity index is 603. The minimum Gasteiger partial charge on any atom is -0.247 e. The largest absolute Gasteiger partial charge is 0.278 e. The standard InChI is InChI=1S/C12H12F4.C9H15F3.2H2/c13-9-3-1-7(2-4-9)8-5-10(14)12(16)11(15)6-8;1-7-2-4-8(5-3-7)9(11,12)6-10;;/h5-7,9H,1-4H2;7-8H,2-6H2,1H3;2*1H. The smallest absolute Gasteiger partial charge is 0.247 e.